The molecule has 5 nitrogen and oxygen atoms in total. The number of hydrogen-bond donors (Lipinski definition) is 2. The lowest BCUT2D eigenvalue weighted by Crippen LogP contribution is -2.46. The number of nitrogens with zero attached hydrogens (tertiary/aromatic N) is 1. The number of aliphatic hydroxyl groups excluding tert-OH is 1. The summed E-state index contributed by atoms with van der Waals surface area (Å²) in [5, 5.41) is 13.1. The maximum Gasteiger partial charge on any atom is 0.242 e. The van der Waals surface area contributed by atoms with E-state index in [1.54, 1.807) is 4.90 Å². The van der Waals surface area contributed by atoms with Crippen LogP contribution in [0, 0.1) is 6.92 Å². The summed E-state index contributed by atoms with van der Waals surface area (Å²) < 4.78 is 0. The minimum absolute atomic E-state index is 0.0459. The van der Waals surface area contributed by atoms with Crippen molar-refractivity contribution in [1.29, 1.82) is 0 Å². The first-order chi connectivity index (χ1) is 11.0. The Balaban J connectivity index is 1.91. The van der Waals surface area contributed by atoms with E-state index in [4.69, 9.17) is 0 Å². The molecule has 5 heteroatoms. The number of carbonyl (C=O) groups is 2. The summed E-state index contributed by atoms with van der Waals surface area (Å²) in [5.74, 6) is -0.121. The van der Waals surface area contributed by atoms with Crippen molar-refractivity contribution < 1.29 is 14.7 Å². The highest BCUT2D eigenvalue weighted by Crippen LogP contribution is 2.20. The van der Waals surface area contributed by atoms with Crippen molar-refractivity contribution in [2.75, 3.05) is 13.1 Å². The van der Waals surface area contributed by atoms with Crippen LogP contribution in [0.2, 0.25) is 0 Å². The molecular formula is C18H26N2O3. The number of carbonyl (C=O) groups excluding carboxylic acids is 2. The standard InChI is InChI=1S/C18H26N2O3/c1-3-7-17(22)20-11-6-10-15(20)18(23)19-12-16(21)14-9-5-4-8-13(14)2/h4-5,8-9,15-16,21H,3,6-7,10-12H2,1-2H3,(H,19,23). The molecule has 2 rings (SSSR count). The van der Waals surface area contributed by atoms with Crippen LogP contribution in [-0.4, -0.2) is 41.0 Å². The number of aliphatic hydroxyl groups is 1. The van der Waals surface area contributed by atoms with E-state index in [1.165, 1.54) is 0 Å². The molecule has 2 atom stereocenters. The third-order valence-electron chi connectivity index (χ3n) is 4.36. The number of nitrogens with one attached hydrogen (secondary N) is 1. The van der Waals surface area contributed by atoms with Crippen molar-refractivity contribution in [2.45, 2.75) is 51.7 Å². The summed E-state index contributed by atoms with van der Waals surface area (Å²) in [5.41, 5.74) is 1.81. The van der Waals surface area contributed by atoms with Crippen LogP contribution in [0.3, 0.4) is 0 Å². The quantitative estimate of drug-likeness (QED) is 0.842. The van der Waals surface area contributed by atoms with Crippen LogP contribution in [0.5, 0.6) is 0 Å². The summed E-state index contributed by atoms with van der Waals surface area (Å²) in [7, 11) is 0. The molecule has 1 aromatic carbocycles. The Bertz CT molecular complexity index is 559. The number of amides is 2. The lowest BCUT2D eigenvalue weighted by Gasteiger charge is -2.24. The largest absolute Gasteiger partial charge is 0.387 e. The predicted octanol–water partition coefficient (Wildman–Crippen LogP) is 1.94. The van der Waals surface area contributed by atoms with E-state index in [2.05, 4.69) is 5.32 Å². The van der Waals surface area contributed by atoms with Crippen LogP contribution in [0.1, 0.15) is 49.8 Å². The van der Waals surface area contributed by atoms with Gasteiger partial charge < -0.3 is 15.3 Å². The van der Waals surface area contributed by atoms with Gasteiger partial charge in [-0.3, -0.25) is 9.59 Å². The topological polar surface area (TPSA) is 69.6 Å². The molecule has 1 saturated heterocycles. The van der Waals surface area contributed by atoms with Crippen molar-refractivity contribution >= 4 is 11.8 Å². The second-order valence-corrected chi connectivity index (χ2v) is 6.11. The molecule has 126 valence electrons. The van der Waals surface area contributed by atoms with Gasteiger partial charge >= 0.3 is 0 Å². The van der Waals surface area contributed by atoms with Gasteiger partial charge in [0.05, 0.1) is 6.10 Å². The first-order valence-corrected chi connectivity index (χ1v) is 8.35. The van der Waals surface area contributed by atoms with Gasteiger partial charge in [-0.1, -0.05) is 31.2 Å². The fourth-order valence-electron chi connectivity index (χ4n) is 3.08. The van der Waals surface area contributed by atoms with E-state index in [-0.39, 0.29) is 18.4 Å². The predicted molar refractivity (Wildman–Crippen MR) is 88.8 cm³/mol. The fraction of sp³-hybridized carbons (Fsp3) is 0.556. The van der Waals surface area contributed by atoms with E-state index in [0.717, 1.165) is 24.0 Å². The van der Waals surface area contributed by atoms with Crippen LogP contribution in [0.4, 0.5) is 0 Å². The van der Waals surface area contributed by atoms with Crippen molar-refractivity contribution in [2.24, 2.45) is 0 Å². The van der Waals surface area contributed by atoms with Gasteiger partial charge in [-0.25, -0.2) is 0 Å². The third kappa shape index (κ3) is 4.32. The van der Waals surface area contributed by atoms with Gasteiger partial charge in [-0.05, 0) is 37.3 Å². The number of likely N-dealkylation sites (tertiary alicyclic amines) is 1. The molecule has 2 unspecified atom stereocenters. The SMILES string of the molecule is CCCC(=O)N1CCCC1C(=O)NCC(O)c1ccccc1C. The van der Waals surface area contributed by atoms with E-state index in [9.17, 15) is 14.7 Å². The Morgan fingerprint density at radius 2 is 2.13 bits per heavy atom. The van der Waals surface area contributed by atoms with Gasteiger partial charge in [0.15, 0.2) is 0 Å². The second kappa shape index (κ2) is 8.11. The molecule has 0 aliphatic carbocycles. The zero-order valence-electron chi connectivity index (χ0n) is 13.9. The zero-order chi connectivity index (χ0) is 16.8. The highest BCUT2D eigenvalue weighted by Gasteiger charge is 2.33. The maximum absolute atomic E-state index is 12.4. The van der Waals surface area contributed by atoms with Crippen LogP contribution >= 0.6 is 0 Å². The van der Waals surface area contributed by atoms with Crippen LogP contribution in [-0.2, 0) is 9.59 Å². The molecule has 0 spiro atoms. The lowest BCUT2D eigenvalue weighted by atomic mass is 10.0. The fourth-order valence-corrected chi connectivity index (χ4v) is 3.08. The van der Waals surface area contributed by atoms with Crippen LogP contribution in [0.25, 0.3) is 0 Å². The van der Waals surface area contributed by atoms with E-state index < -0.39 is 12.1 Å². The molecule has 0 radical (unpaired) electrons. The second-order valence-electron chi connectivity index (χ2n) is 6.11. The van der Waals surface area contributed by atoms with Crippen molar-refractivity contribution in [3.05, 3.63) is 35.4 Å². The molecule has 1 aliphatic heterocycles. The summed E-state index contributed by atoms with van der Waals surface area (Å²) >= 11 is 0. The van der Waals surface area contributed by atoms with E-state index in [0.29, 0.717) is 19.4 Å². The highest BCUT2D eigenvalue weighted by molar-refractivity contribution is 5.88. The first-order valence-electron chi connectivity index (χ1n) is 8.35. The zero-order valence-corrected chi connectivity index (χ0v) is 13.9. The molecule has 0 saturated carbocycles. The van der Waals surface area contributed by atoms with Gasteiger partial charge in [-0.2, -0.15) is 0 Å². The van der Waals surface area contributed by atoms with E-state index in [1.807, 2.05) is 38.1 Å². The molecule has 1 fully saturated rings. The average Bonchev–Trinajstić information content (AvgIpc) is 3.02. The number of aryl methyl sites for hydroxylation is 1. The Morgan fingerprint density at radius 1 is 1.39 bits per heavy atom. The van der Waals surface area contributed by atoms with Crippen molar-refractivity contribution in [3.63, 3.8) is 0 Å². The Labute approximate surface area is 137 Å². The molecule has 2 amide bonds. The van der Waals surface area contributed by atoms with Gasteiger partial charge in [0.25, 0.3) is 0 Å². The minimum atomic E-state index is -0.735. The summed E-state index contributed by atoms with van der Waals surface area (Å²) in [6.45, 7) is 4.71. The number of hydrogen-bond acceptors (Lipinski definition) is 3. The Kier molecular flexibility index (Phi) is 6.16. The van der Waals surface area contributed by atoms with E-state index >= 15 is 0 Å². The van der Waals surface area contributed by atoms with Crippen LogP contribution in [0.15, 0.2) is 24.3 Å². The first kappa shape index (κ1) is 17.5. The van der Waals surface area contributed by atoms with Crippen molar-refractivity contribution in [1.82, 2.24) is 10.2 Å². The normalized spacial score (nSPS) is 18.7. The summed E-state index contributed by atoms with van der Waals surface area (Å²) in [4.78, 5) is 26.1. The molecular weight excluding hydrogens is 292 g/mol. The van der Waals surface area contributed by atoms with Gasteiger partial charge in [0, 0.05) is 19.5 Å². The number of benzene rings is 1. The van der Waals surface area contributed by atoms with Gasteiger partial charge in [-0.15, -0.1) is 0 Å². The summed E-state index contributed by atoms with van der Waals surface area (Å²) in [6, 6.07) is 7.19. The average molecular weight is 318 g/mol. The van der Waals surface area contributed by atoms with Crippen molar-refractivity contribution in [3.8, 4) is 0 Å². The van der Waals surface area contributed by atoms with Gasteiger partial charge in [0.2, 0.25) is 11.8 Å². The molecule has 23 heavy (non-hydrogen) atoms. The smallest absolute Gasteiger partial charge is 0.242 e. The monoisotopic (exact) mass is 318 g/mol. The molecule has 1 heterocycles. The minimum Gasteiger partial charge on any atom is -0.387 e. The molecule has 0 aromatic heterocycles. The highest BCUT2D eigenvalue weighted by atomic mass is 16.3. The Hall–Kier alpha value is -1.88. The third-order valence-corrected chi connectivity index (χ3v) is 4.36. The van der Waals surface area contributed by atoms with Crippen LogP contribution < -0.4 is 5.32 Å². The summed E-state index contributed by atoms with van der Waals surface area (Å²) in [6.07, 6.45) is 2.09. The molecule has 1 aliphatic rings. The molecule has 2 N–H and O–H groups in total. The number of rotatable bonds is 6. The maximum atomic E-state index is 12.4. The molecule has 1 aromatic rings. The lowest BCUT2D eigenvalue weighted by molar-refractivity contribution is -0.138. The van der Waals surface area contributed by atoms with Gasteiger partial charge in [0.1, 0.15) is 6.04 Å². The molecule has 0 bridgehead atoms. The Morgan fingerprint density at radius 3 is 2.83 bits per heavy atom.